The minimum absolute atomic E-state index is 0.00981. The number of aromatic nitrogens is 1. The second-order valence-corrected chi connectivity index (χ2v) is 6.32. The van der Waals surface area contributed by atoms with Gasteiger partial charge in [-0.3, -0.25) is 4.79 Å². The first-order valence-electron chi connectivity index (χ1n) is 7.36. The summed E-state index contributed by atoms with van der Waals surface area (Å²) in [6.07, 6.45) is 2.00. The van der Waals surface area contributed by atoms with Crippen LogP contribution in [0, 0.1) is 5.92 Å². The van der Waals surface area contributed by atoms with Crippen molar-refractivity contribution in [3.63, 3.8) is 0 Å². The van der Waals surface area contributed by atoms with E-state index in [-0.39, 0.29) is 11.8 Å². The van der Waals surface area contributed by atoms with Crippen molar-refractivity contribution in [2.24, 2.45) is 11.0 Å². The number of pyridine rings is 1. The molecular formula is C16H14BrN5O2. The van der Waals surface area contributed by atoms with E-state index in [1.54, 1.807) is 23.2 Å². The second kappa shape index (κ2) is 7.33. The molecule has 2 aromatic rings. The maximum Gasteiger partial charge on any atom is 0.227 e. The number of halogens is 1. The average Bonchev–Trinajstić information content (AvgIpc) is 2.94. The van der Waals surface area contributed by atoms with Crippen molar-refractivity contribution in [1.29, 1.82) is 0 Å². The van der Waals surface area contributed by atoms with Crippen LogP contribution in [-0.2, 0) is 4.79 Å². The Bertz CT molecular complexity index is 789. The molecule has 24 heavy (non-hydrogen) atoms. The summed E-state index contributed by atoms with van der Waals surface area (Å²) in [6.45, 7) is 0.863. The molecule has 0 radical (unpaired) electrons. The summed E-state index contributed by atoms with van der Waals surface area (Å²) in [5, 5.41) is 3.55. The van der Waals surface area contributed by atoms with E-state index in [0.29, 0.717) is 36.8 Å². The Labute approximate surface area is 147 Å². The minimum Gasteiger partial charge on any atom is -0.439 e. The summed E-state index contributed by atoms with van der Waals surface area (Å²) >= 11 is 3.39. The maximum atomic E-state index is 12.1. The van der Waals surface area contributed by atoms with Gasteiger partial charge in [0.2, 0.25) is 11.8 Å². The molecular weight excluding hydrogens is 374 g/mol. The molecule has 1 amide bonds. The highest BCUT2D eigenvalue weighted by Gasteiger charge is 2.30. The molecule has 1 aliphatic heterocycles. The average molecular weight is 388 g/mol. The van der Waals surface area contributed by atoms with Crippen molar-refractivity contribution in [2.75, 3.05) is 18.0 Å². The molecule has 7 nitrogen and oxygen atoms in total. The number of amides is 1. The largest absolute Gasteiger partial charge is 0.439 e. The van der Waals surface area contributed by atoms with Gasteiger partial charge in [-0.1, -0.05) is 27.1 Å². The van der Waals surface area contributed by atoms with Crippen molar-refractivity contribution >= 4 is 27.5 Å². The molecule has 0 aliphatic carbocycles. The molecule has 1 aromatic carbocycles. The summed E-state index contributed by atoms with van der Waals surface area (Å²) < 4.78 is 6.60. The Morgan fingerprint density at radius 2 is 2.29 bits per heavy atom. The minimum atomic E-state index is 0.00981. The molecule has 1 aromatic heterocycles. The lowest BCUT2D eigenvalue weighted by Gasteiger charge is -2.16. The quantitative estimate of drug-likeness (QED) is 0.434. The number of anilines is 1. The van der Waals surface area contributed by atoms with Gasteiger partial charge in [-0.2, -0.15) is 0 Å². The smallest absolute Gasteiger partial charge is 0.227 e. The number of nitrogens with zero attached hydrogens (tertiary/aromatic N) is 5. The fourth-order valence-corrected chi connectivity index (χ4v) is 2.93. The Balaban J connectivity index is 1.68. The molecule has 1 atom stereocenters. The first kappa shape index (κ1) is 16.3. The van der Waals surface area contributed by atoms with Crippen molar-refractivity contribution in [1.82, 2.24) is 4.98 Å². The van der Waals surface area contributed by atoms with Crippen molar-refractivity contribution in [3.05, 3.63) is 57.5 Å². The molecule has 1 unspecified atom stereocenters. The van der Waals surface area contributed by atoms with Crippen LogP contribution in [0.25, 0.3) is 10.4 Å². The number of hydrogen-bond acceptors (Lipinski definition) is 4. The Morgan fingerprint density at radius 1 is 1.42 bits per heavy atom. The zero-order valence-electron chi connectivity index (χ0n) is 12.7. The first-order valence-corrected chi connectivity index (χ1v) is 8.15. The van der Waals surface area contributed by atoms with E-state index in [4.69, 9.17) is 10.3 Å². The molecule has 0 bridgehead atoms. The van der Waals surface area contributed by atoms with Crippen LogP contribution in [0.2, 0.25) is 0 Å². The van der Waals surface area contributed by atoms with Crippen LogP contribution in [0.5, 0.6) is 11.6 Å². The van der Waals surface area contributed by atoms with Crippen LogP contribution >= 0.6 is 15.9 Å². The predicted octanol–water partition coefficient (Wildman–Crippen LogP) is 4.30. The van der Waals surface area contributed by atoms with Crippen LogP contribution in [0.1, 0.15) is 6.42 Å². The maximum absolute atomic E-state index is 12.1. The normalized spacial score (nSPS) is 16.8. The molecule has 0 N–H and O–H groups in total. The van der Waals surface area contributed by atoms with Gasteiger partial charge in [0.25, 0.3) is 0 Å². The number of carbonyl (C=O) groups is 1. The number of hydrogen-bond donors (Lipinski definition) is 0. The van der Waals surface area contributed by atoms with Gasteiger partial charge in [0.05, 0.1) is 11.9 Å². The lowest BCUT2D eigenvalue weighted by Crippen LogP contribution is -2.24. The molecule has 2 heterocycles. The Hall–Kier alpha value is -2.57. The van der Waals surface area contributed by atoms with E-state index in [1.165, 1.54) is 0 Å². The summed E-state index contributed by atoms with van der Waals surface area (Å²) in [4.78, 5) is 20.7. The molecule has 1 aliphatic rings. The fraction of sp³-hybridized carbons (Fsp3) is 0.250. The van der Waals surface area contributed by atoms with E-state index in [2.05, 4.69) is 30.9 Å². The van der Waals surface area contributed by atoms with Gasteiger partial charge in [-0.15, -0.1) is 0 Å². The zero-order chi connectivity index (χ0) is 16.9. The first-order chi connectivity index (χ1) is 11.7. The van der Waals surface area contributed by atoms with Crippen molar-refractivity contribution in [3.8, 4) is 11.6 Å². The summed E-state index contributed by atoms with van der Waals surface area (Å²) in [6, 6.07) is 11.0. The molecule has 1 saturated heterocycles. The number of ether oxygens (including phenoxy) is 1. The number of benzene rings is 1. The molecule has 0 saturated carbocycles. The third kappa shape index (κ3) is 3.84. The predicted molar refractivity (Wildman–Crippen MR) is 92.9 cm³/mol. The highest BCUT2D eigenvalue weighted by Crippen LogP contribution is 2.27. The van der Waals surface area contributed by atoms with E-state index in [9.17, 15) is 4.79 Å². The van der Waals surface area contributed by atoms with Crippen molar-refractivity contribution < 1.29 is 9.53 Å². The second-order valence-electron chi connectivity index (χ2n) is 5.40. The summed E-state index contributed by atoms with van der Waals surface area (Å²) in [5.74, 6) is 1.19. The van der Waals surface area contributed by atoms with Crippen LogP contribution < -0.4 is 9.64 Å². The van der Waals surface area contributed by atoms with E-state index < -0.39 is 0 Å². The number of azide groups is 1. The van der Waals surface area contributed by atoms with Gasteiger partial charge in [-0.25, -0.2) is 4.98 Å². The van der Waals surface area contributed by atoms with Gasteiger partial charge >= 0.3 is 0 Å². The van der Waals surface area contributed by atoms with Gasteiger partial charge in [-0.05, 0) is 35.7 Å². The molecule has 8 heteroatoms. The van der Waals surface area contributed by atoms with Gasteiger partial charge in [0, 0.05) is 35.0 Å². The van der Waals surface area contributed by atoms with E-state index in [1.807, 2.05) is 24.3 Å². The zero-order valence-corrected chi connectivity index (χ0v) is 14.3. The van der Waals surface area contributed by atoms with E-state index in [0.717, 1.165) is 4.47 Å². The lowest BCUT2D eigenvalue weighted by atomic mass is 10.1. The highest BCUT2D eigenvalue weighted by molar-refractivity contribution is 9.10. The number of carbonyl (C=O) groups excluding carboxylic acids is 1. The summed E-state index contributed by atoms with van der Waals surface area (Å²) in [7, 11) is 0. The molecule has 122 valence electrons. The van der Waals surface area contributed by atoms with Gasteiger partial charge < -0.3 is 9.64 Å². The lowest BCUT2D eigenvalue weighted by molar-refractivity contribution is -0.117. The van der Waals surface area contributed by atoms with Crippen molar-refractivity contribution in [2.45, 2.75) is 6.42 Å². The number of rotatable bonds is 5. The fourth-order valence-electron chi connectivity index (χ4n) is 2.55. The SMILES string of the molecule is [N-]=[N+]=NCC1CC(=O)N(c2ccc(Oc3cccc(Br)c3)nc2)C1. The molecule has 0 spiro atoms. The Kier molecular flexibility index (Phi) is 4.98. The van der Waals surface area contributed by atoms with Crippen LogP contribution in [-0.4, -0.2) is 24.0 Å². The van der Waals surface area contributed by atoms with E-state index >= 15 is 0 Å². The van der Waals surface area contributed by atoms with Gasteiger partial charge in [0.15, 0.2) is 0 Å². The van der Waals surface area contributed by atoms with Crippen LogP contribution in [0.4, 0.5) is 5.69 Å². The van der Waals surface area contributed by atoms with Gasteiger partial charge in [0.1, 0.15) is 5.75 Å². The standard InChI is InChI=1S/C16H14BrN5O2/c17-12-2-1-3-14(7-12)24-15-5-4-13(9-19-15)22-10-11(6-16(22)23)8-20-21-18/h1-5,7,9,11H,6,8,10H2. The summed E-state index contributed by atoms with van der Waals surface area (Å²) in [5.41, 5.74) is 9.09. The molecule has 1 fully saturated rings. The molecule has 3 rings (SSSR count). The van der Waals surface area contributed by atoms with Crippen LogP contribution in [0.15, 0.2) is 52.2 Å². The monoisotopic (exact) mass is 387 g/mol. The Morgan fingerprint density at radius 3 is 3.00 bits per heavy atom. The highest BCUT2D eigenvalue weighted by atomic mass is 79.9. The topological polar surface area (TPSA) is 91.2 Å². The third-order valence-electron chi connectivity index (χ3n) is 3.66. The van der Waals surface area contributed by atoms with Crippen LogP contribution in [0.3, 0.4) is 0 Å². The third-order valence-corrected chi connectivity index (χ3v) is 4.15.